The predicted molar refractivity (Wildman–Crippen MR) is 331 cm³/mol. The number of carbonyl (C=O) groups is 4. The van der Waals surface area contributed by atoms with Gasteiger partial charge in [0.25, 0.3) is 11.1 Å². The molecule has 3 aliphatic carbocycles. The van der Waals surface area contributed by atoms with Crippen LogP contribution in [0.25, 0.3) is 31.3 Å². The molecule has 10 rings (SSSR count). The number of hydrogen-bond donors (Lipinski definition) is 3. The summed E-state index contributed by atoms with van der Waals surface area (Å²) in [5, 5.41) is 12.0. The molecule has 0 saturated heterocycles. The number of pyridine rings is 2. The highest BCUT2D eigenvalue weighted by molar-refractivity contribution is 7.23. The molecule has 1 atom stereocenters. The van der Waals surface area contributed by atoms with Gasteiger partial charge in [-0.25, -0.2) is 9.59 Å². The Kier molecular flexibility index (Phi) is 21.2. The lowest BCUT2D eigenvalue weighted by molar-refractivity contribution is 0.0460. The predicted octanol–water partition coefficient (Wildman–Crippen LogP) is 16.5. The van der Waals surface area contributed by atoms with Gasteiger partial charge in [-0.3, -0.25) is 19.6 Å². The molecular weight excluding hydrogens is 1120 g/mol. The molecule has 4 heterocycles. The Bertz CT molecular complexity index is 3320. The Morgan fingerprint density at radius 2 is 1.15 bits per heavy atom. The number of hydrogen-bond acceptors (Lipinski definition) is 11. The number of aromatic nitrogens is 2. The summed E-state index contributed by atoms with van der Waals surface area (Å²) in [6.07, 6.45) is 21.1. The molecule has 426 valence electrons. The molecule has 0 spiro atoms. The van der Waals surface area contributed by atoms with Crippen LogP contribution in [-0.2, 0) is 16.0 Å². The van der Waals surface area contributed by atoms with Gasteiger partial charge in [0, 0.05) is 88.1 Å². The summed E-state index contributed by atoms with van der Waals surface area (Å²) in [6.45, 7) is 12.6. The van der Waals surface area contributed by atoms with E-state index in [1.807, 2.05) is 132 Å². The second kappa shape index (κ2) is 28.2. The molecule has 3 amide bonds. The van der Waals surface area contributed by atoms with Crippen LogP contribution in [0.3, 0.4) is 0 Å². The number of thiophene rings is 2. The van der Waals surface area contributed by atoms with Gasteiger partial charge in [0.1, 0.15) is 21.0 Å². The summed E-state index contributed by atoms with van der Waals surface area (Å²) in [7, 11) is 0. The number of amides is 3. The van der Waals surface area contributed by atoms with E-state index in [9.17, 15) is 19.2 Å². The Morgan fingerprint density at radius 3 is 1.70 bits per heavy atom. The monoisotopic (exact) mass is 1190 g/mol. The highest BCUT2D eigenvalue weighted by Gasteiger charge is 2.34. The van der Waals surface area contributed by atoms with E-state index in [1.165, 1.54) is 50.5 Å². The van der Waals surface area contributed by atoms with Gasteiger partial charge in [-0.2, -0.15) is 0 Å². The van der Waals surface area contributed by atoms with Crippen LogP contribution in [0, 0.1) is 0 Å². The SMILES string of the molecule is CC(C)(C)OC(=O)NC1CCC(N(CC2=CC=CC(c3ccncc3)C2)C(=O)c2sc3ccccc3c2Cl)CC1.CC(C)(C)OC(=O)NC1CCC(NCc2cccc(-c3ccncc3)c2)CC1.O=C(Cl)c1sc2ccccc2c1Cl. The van der Waals surface area contributed by atoms with Crippen LogP contribution >= 0.6 is 57.5 Å². The number of carbonyl (C=O) groups excluding carboxylic acids is 4. The number of allylic oxidation sites excluding steroid dienone is 3. The molecule has 12 nitrogen and oxygen atoms in total. The molecule has 7 aromatic rings. The van der Waals surface area contributed by atoms with Crippen LogP contribution in [-0.4, -0.2) is 80.1 Å². The van der Waals surface area contributed by atoms with Crippen molar-refractivity contribution in [1.82, 2.24) is 30.8 Å². The third-order valence-corrected chi connectivity index (χ3v) is 17.8. The normalized spacial score (nSPS) is 19.0. The lowest BCUT2D eigenvalue weighted by Gasteiger charge is -2.38. The van der Waals surface area contributed by atoms with Crippen molar-refractivity contribution in [3.63, 3.8) is 0 Å². The number of halogens is 3. The highest BCUT2D eigenvalue weighted by atomic mass is 35.5. The van der Waals surface area contributed by atoms with Crippen LogP contribution in [0.1, 0.15) is 136 Å². The lowest BCUT2D eigenvalue weighted by atomic mass is 9.87. The molecule has 1 unspecified atom stereocenters. The summed E-state index contributed by atoms with van der Waals surface area (Å²) in [6, 6.07) is 33.0. The summed E-state index contributed by atoms with van der Waals surface area (Å²) in [5.74, 6) is 0.229. The van der Waals surface area contributed by atoms with Crippen LogP contribution < -0.4 is 16.0 Å². The van der Waals surface area contributed by atoms with Gasteiger partial charge in [-0.05, 0) is 181 Å². The highest BCUT2D eigenvalue weighted by Crippen LogP contribution is 2.39. The van der Waals surface area contributed by atoms with Crippen molar-refractivity contribution in [3.05, 3.63) is 177 Å². The summed E-state index contributed by atoms with van der Waals surface area (Å²) in [4.78, 5) is 60.6. The Morgan fingerprint density at radius 1 is 0.630 bits per heavy atom. The zero-order valence-electron chi connectivity index (χ0n) is 46.7. The fourth-order valence-electron chi connectivity index (χ4n) is 10.3. The maximum absolute atomic E-state index is 14.2. The van der Waals surface area contributed by atoms with Crippen LogP contribution in [0.2, 0.25) is 10.0 Å². The van der Waals surface area contributed by atoms with Crippen LogP contribution in [0.5, 0.6) is 0 Å². The average molecular weight is 1190 g/mol. The molecular formula is C64H71Cl3N6O6S2. The minimum atomic E-state index is -0.537. The summed E-state index contributed by atoms with van der Waals surface area (Å²) in [5.41, 5.74) is 5.12. The molecule has 17 heteroatoms. The Balaban J connectivity index is 0.000000180. The van der Waals surface area contributed by atoms with Crippen molar-refractivity contribution >= 4 is 101 Å². The van der Waals surface area contributed by atoms with E-state index in [1.54, 1.807) is 0 Å². The number of rotatable bonds is 12. The molecule has 3 aromatic carbocycles. The van der Waals surface area contributed by atoms with Gasteiger partial charge in [0.15, 0.2) is 0 Å². The van der Waals surface area contributed by atoms with Gasteiger partial charge in [0.05, 0.1) is 10.0 Å². The van der Waals surface area contributed by atoms with E-state index >= 15 is 0 Å². The van der Waals surface area contributed by atoms with E-state index in [0.29, 0.717) is 32.4 Å². The quantitative estimate of drug-likeness (QED) is 0.102. The number of nitrogens with one attached hydrogen (secondary N) is 3. The minimum Gasteiger partial charge on any atom is -0.444 e. The zero-order chi connectivity index (χ0) is 57.7. The maximum Gasteiger partial charge on any atom is 0.407 e. The number of benzene rings is 3. The topological polar surface area (TPSA) is 152 Å². The van der Waals surface area contributed by atoms with Gasteiger partial charge in [-0.15, -0.1) is 22.7 Å². The van der Waals surface area contributed by atoms with Gasteiger partial charge in [-0.1, -0.05) is 96.0 Å². The fraction of sp³-hybridized carbons (Fsp3) is 0.375. The molecule has 4 aromatic heterocycles. The smallest absolute Gasteiger partial charge is 0.407 e. The minimum absolute atomic E-state index is 0.0225. The number of fused-ring (bicyclic) bond motifs is 2. The van der Waals surface area contributed by atoms with E-state index in [-0.39, 0.29) is 42.1 Å². The van der Waals surface area contributed by atoms with Crippen molar-refractivity contribution in [2.24, 2.45) is 0 Å². The van der Waals surface area contributed by atoms with E-state index in [0.717, 1.165) is 84.5 Å². The standard InChI is InChI=1S/C32H36ClN3O3S.C23H31N3O2.C9H4Cl2OS/c1-32(2,3)39-31(38)35-24-11-13-25(14-12-24)36(30(37)29-28(33)26-9-4-5-10-27(26)40-29)20-21-7-6-8-23(19-21)22-15-17-34-18-16-22;1-23(2,3)28-22(27)26-21-9-7-20(8-10-21)25-16-17-5-4-6-19(15-17)18-11-13-24-14-12-18;10-7-5-3-1-2-4-6(5)13-8(7)9(11)12/h4-10,15-18,23-25H,11-14,19-20H2,1-3H3,(H,35,38);4-6,11-15,20-21,25H,7-10,16H2,1-3H3,(H,26,27);1-4H. The first kappa shape index (κ1) is 61.0. The fourth-order valence-corrected chi connectivity index (χ4v) is 13.4. The number of nitrogens with zero attached hydrogens (tertiary/aromatic N) is 3. The van der Waals surface area contributed by atoms with Gasteiger partial charge in [0.2, 0.25) is 0 Å². The largest absolute Gasteiger partial charge is 0.444 e. The third kappa shape index (κ3) is 17.7. The summed E-state index contributed by atoms with van der Waals surface area (Å²) < 4.78 is 12.8. The average Bonchev–Trinajstić information content (AvgIpc) is 4.25. The molecule has 2 fully saturated rings. The lowest BCUT2D eigenvalue weighted by Crippen LogP contribution is -2.47. The molecule has 0 aliphatic heterocycles. The van der Waals surface area contributed by atoms with Crippen LogP contribution in [0.4, 0.5) is 9.59 Å². The zero-order valence-corrected chi connectivity index (χ0v) is 50.6. The summed E-state index contributed by atoms with van der Waals surface area (Å²) >= 11 is 20.9. The van der Waals surface area contributed by atoms with Crippen molar-refractivity contribution < 1.29 is 28.7 Å². The van der Waals surface area contributed by atoms with E-state index in [4.69, 9.17) is 44.3 Å². The van der Waals surface area contributed by atoms with Crippen LogP contribution in [0.15, 0.2) is 146 Å². The van der Waals surface area contributed by atoms with Gasteiger partial charge < -0.3 is 30.3 Å². The molecule has 0 radical (unpaired) electrons. The molecule has 3 N–H and O–H groups in total. The number of ether oxygens (including phenoxy) is 2. The van der Waals surface area contributed by atoms with Gasteiger partial charge >= 0.3 is 12.2 Å². The molecule has 3 aliphatic rings. The van der Waals surface area contributed by atoms with Crippen molar-refractivity contribution in [2.45, 2.75) is 147 Å². The molecule has 2 saturated carbocycles. The first-order chi connectivity index (χ1) is 38.8. The van der Waals surface area contributed by atoms with Crippen molar-refractivity contribution in [3.8, 4) is 11.1 Å². The number of alkyl carbamates (subject to hydrolysis) is 2. The molecule has 0 bridgehead atoms. The Labute approximate surface area is 498 Å². The first-order valence-electron chi connectivity index (χ1n) is 27.6. The van der Waals surface area contributed by atoms with Crippen molar-refractivity contribution in [1.29, 1.82) is 0 Å². The third-order valence-electron chi connectivity index (χ3n) is 14.2. The van der Waals surface area contributed by atoms with E-state index in [2.05, 4.69) is 80.5 Å². The second-order valence-electron chi connectivity index (χ2n) is 22.7. The molecule has 81 heavy (non-hydrogen) atoms. The first-order valence-corrected chi connectivity index (χ1v) is 30.4. The Hall–Kier alpha value is -6.13. The van der Waals surface area contributed by atoms with E-state index < -0.39 is 16.4 Å². The van der Waals surface area contributed by atoms with Crippen molar-refractivity contribution in [2.75, 3.05) is 6.54 Å². The second-order valence-corrected chi connectivity index (χ2v) is 25.9. The maximum atomic E-state index is 14.2.